The molecular weight excluding hydrogens is 629 g/mol. The molecule has 0 spiro atoms. The van der Waals surface area contributed by atoms with Crippen molar-refractivity contribution in [2.45, 2.75) is 51.6 Å². The number of pyridine rings is 1. The fourth-order valence-corrected chi connectivity index (χ4v) is 5.73. The SMILES string of the molecule is C[C@@H]1CN(c2ccc(F)c(OCc3ccc(Cl)cc3F)c2)CCN1Cc1ncc(-c2n[nH]c(C(F)(F)F)n2)cc1CC1(C#N)CC1. The van der Waals surface area contributed by atoms with Crippen LogP contribution >= 0.6 is 11.6 Å². The first-order valence-corrected chi connectivity index (χ1v) is 15.1. The van der Waals surface area contributed by atoms with E-state index in [2.05, 4.69) is 37.9 Å². The Hall–Kier alpha value is -4.28. The summed E-state index contributed by atoms with van der Waals surface area (Å²) in [6.45, 7) is 4.26. The first-order valence-electron chi connectivity index (χ1n) is 14.7. The van der Waals surface area contributed by atoms with Crippen molar-refractivity contribution in [1.29, 1.82) is 5.26 Å². The number of nitrogens with zero attached hydrogens (tertiary/aromatic N) is 6. The average molecular weight is 658 g/mol. The van der Waals surface area contributed by atoms with Crippen molar-refractivity contribution >= 4 is 17.3 Å². The van der Waals surface area contributed by atoms with Gasteiger partial charge < -0.3 is 9.64 Å². The second-order valence-corrected chi connectivity index (χ2v) is 12.2. The lowest BCUT2D eigenvalue weighted by atomic mass is 9.95. The molecule has 2 aromatic carbocycles. The maximum absolute atomic E-state index is 14.6. The van der Waals surface area contributed by atoms with Gasteiger partial charge >= 0.3 is 6.18 Å². The number of hydrogen-bond donors (Lipinski definition) is 1. The summed E-state index contributed by atoms with van der Waals surface area (Å²) in [6, 6.07) is 13.0. The smallest absolute Gasteiger partial charge is 0.451 e. The minimum absolute atomic E-state index is 0.0103. The molecule has 14 heteroatoms. The second kappa shape index (κ2) is 12.5. The predicted molar refractivity (Wildman–Crippen MR) is 160 cm³/mol. The number of aromatic nitrogens is 4. The van der Waals surface area contributed by atoms with Crippen LogP contribution in [0, 0.1) is 28.4 Å². The predicted octanol–water partition coefficient (Wildman–Crippen LogP) is 6.95. The van der Waals surface area contributed by atoms with Crippen molar-refractivity contribution in [3.05, 3.63) is 88.0 Å². The fourth-order valence-electron chi connectivity index (χ4n) is 5.57. The third-order valence-corrected chi connectivity index (χ3v) is 8.72. The van der Waals surface area contributed by atoms with Crippen molar-refractivity contribution in [2.24, 2.45) is 5.41 Å². The lowest BCUT2D eigenvalue weighted by Crippen LogP contribution is -2.51. The van der Waals surface area contributed by atoms with E-state index >= 15 is 0 Å². The maximum Gasteiger partial charge on any atom is 0.451 e. The van der Waals surface area contributed by atoms with Crippen LogP contribution < -0.4 is 9.64 Å². The van der Waals surface area contributed by atoms with Crippen molar-refractivity contribution in [2.75, 3.05) is 24.5 Å². The van der Waals surface area contributed by atoms with Crippen LogP contribution in [0.2, 0.25) is 5.02 Å². The van der Waals surface area contributed by atoms with Gasteiger partial charge in [0.1, 0.15) is 12.4 Å². The highest BCUT2D eigenvalue weighted by atomic mass is 35.5. The first kappa shape index (κ1) is 31.7. The molecule has 240 valence electrons. The molecule has 1 aliphatic carbocycles. The molecule has 2 fully saturated rings. The molecule has 1 aliphatic heterocycles. The van der Waals surface area contributed by atoms with Crippen LogP contribution in [0.4, 0.5) is 27.6 Å². The molecule has 0 amide bonds. The molecule has 8 nitrogen and oxygen atoms in total. The zero-order valence-corrected chi connectivity index (χ0v) is 25.5. The van der Waals surface area contributed by atoms with Gasteiger partial charge in [-0.1, -0.05) is 17.7 Å². The fraction of sp³-hybridized carbons (Fsp3) is 0.375. The normalized spacial score (nSPS) is 18.0. The molecule has 4 aromatic rings. The quantitative estimate of drug-likeness (QED) is 0.195. The average Bonchev–Trinajstić information content (AvgIpc) is 3.60. The summed E-state index contributed by atoms with van der Waals surface area (Å²) in [6.07, 6.45) is -1.26. The minimum atomic E-state index is -4.65. The topological polar surface area (TPSA) is 94.0 Å². The summed E-state index contributed by atoms with van der Waals surface area (Å²) in [5, 5.41) is 15.7. The van der Waals surface area contributed by atoms with Crippen LogP contribution in [-0.2, 0) is 25.7 Å². The van der Waals surface area contributed by atoms with E-state index in [1.807, 2.05) is 5.10 Å². The molecule has 2 aromatic heterocycles. The van der Waals surface area contributed by atoms with Crippen LogP contribution in [-0.4, -0.2) is 50.7 Å². The number of nitriles is 1. The Labute approximate surface area is 266 Å². The molecule has 2 aliphatic rings. The van der Waals surface area contributed by atoms with Crippen LogP contribution in [0.15, 0.2) is 48.7 Å². The number of H-pyrrole nitrogens is 1. The molecule has 0 bridgehead atoms. The van der Waals surface area contributed by atoms with E-state index in [4.69, 9.17) is 16.3 Å². The Bertz CT molecular complexity index is 1790. The van der Waals surface area contributed by atoms with Crippen LogP contribution in [0.5, 0.6) is 5.75 Å². The summed E-state index contributed by atoms with van der Waals surface area (Å²) in [4.78, 5) is 12.6. The van der Waals surface area contributed by atoms with Crippen molar-refractivity contribution < 1.29 is 26.7 Å². The van der Waals surface area contributed by atoms with Crippen molar-refractivity contribution in [3.8, 4) is 23.2 Å². The molecule has 1 saturated carbocycles. The number of hydrogen-bond acceptors (Lipinski definition) is 7. The van der Waals surface area contributed by atoms with E-state index in [9.17, 15) is 27.2 Å². The van der Waals surface area contributed by atoms with Gasteiger partial charge in [-0.25, -0.2) is 13.8 Å². The van der Waals surface area contributed by atoms with Gasteiger partial charge in [-0.05, 0) is 62.1 Å². The number of piperazine rings is 1. The number of alkyl halides is 3. The van der Waals surface area contributed by atoms with Crippen LogP contribution in [0.3, 0.4) is 0 Å². The molecule has 0 unspecified atom stereocenters. The van der Waals surface area contributed by atoms with Crippen molar-refractivity contribution in [1.82, 2.24) is 25.1 Å². The van der Waals surface area contributed by atoms with Crippen molar-refractivity contribution in [3.63, 3.8) is 0 Å². The lowest BCUT2D eigenvalue weighted by molar-refractivity contribution is -0.144. The summed E-state index contributed by atoms with van der Waals surface area (Å²) in [7, 11) is 0. The van der Waals surface area contributed by atoms with E-state index in [0.717, 1.165) is 29.8 Å². The number of ether oxygens (including phenoxy) is 1. The van der Waals surface area contributed by atoms with E-state index in [1.54, 1.807) is 24.3 Å². The second-order valence-electron chi connectivity index (χ2n) is 11.8. The summed E-state index contributed by atoms with van der Waals surface area (Å²) >= 11 is 5.82. The molecule has 46 heavy (non-hydrogen) atoms. The van der Waals surface area contributed by atoms with E-state index < -0.39 is 29.1 Å². The van der Waals surface area contributed by atoms with Gasteiger partial charge in [-0.3, -0.25) is 15.0 Å². The van der Waals surface area contributed by atoms with E-state index in [0.29, 0.717) is 38.2 Å². The summed E-state index contributed by atoms with van der Waals surface area (Å²) in [5.41, 5.74) is 2.37. The highest BCUT2D eigenvalue weighted by molar-refractivity contribution is 6.30. The summed E-state index contributed by atoms with van der Waals surface area (Å²) < 4.78 is 73.7. The Morgan fingerprint density at radius 1 is 1.09 bits per heavy atom. The zero-order chi connectivity index (χ0) is 32.6. The van der Waals surface area contributed by atoms with Gasteiger partial charge in [-0.15, -0.1) is 0 Å². The molecule has 1 atom stereocenters. The molecular formula is C32H29ClF5N7O. The summed E-state index contributed by atoms with van der Waals surface area (Å²) in [5.74, 6) is -2.38. The maximum atomic E-state index is 14.6. The minimum Gasteiger partial charge on any atom is -0.486 e. The van der Waals surface area contributed by atoms with E-state index in [1.165, 1.54) is 24.4 Å². The largest absolute Gasteiger partial charge is 0.486 e. The standard InChI is InChI=1S/C32H29ClF5N7O/c1-19-15-45(24-4-5-25(34)28(12-24)46-17-20-2-3-23(33)11-26(20)35)9-8-44(19)16-27-21(13-31(18-39)6-7-31)10-22(14-40-27)29-41-30(43-42-29)32(36,37)38/h2-5,10-12,14,19H,6-9,13,15-17H2,1H3,(H,41,42,43)/t19-/m1/s1. The number of rotatable bonds is 9. The Balaban J connectivity index is 1.15. The van der Waals surface area contributed by atoms with Gasteiger partial charge in [-0.2, -0.15) is 23.5 Å². The van der Waals surface area contributed by atoms with E-state index in [-0.39, 0.29) is 34.8 Å². The molecule has 1 N–H and O–H groups in total. The van der Waals surface area contributed by atoms with Crippen LogP contribution in [0.1, 0.15) is 42.4 Å². The lowest BCUT2D eigenvalue weighted by Gasteiger charge is -2.41. The third kappa shape index (κ3) is 6.93. The van der Waals surface area contributed by atoms with Gasteiger partial charge in [0.25, 0.3) is 0 Å². The highest BCUT2D eigenvalue weighted by Crippen LogP contribution is 2.48. The Morgan fingerprint density at radius 2 is 1.89 bits per heavy atom. The highest BCUT2D eigenvalue weighted by Gasteiger charge is 2.44. The number of halogens is 6. The Morgan fingerprint density at radius 3 is 2.57 bits per heavy atom. The van der Waals surface area contributed by atoms with Gasteiger partial charge in [0.2, 0.25) is 5.82 Å². The molecule has 1 saturated heterocycles. The van der Waals surface area contributed by atoms with Gasteiger partial charge in [0.05, 0.1) is 17.2 Å². The molecule has 0 radical (unpaired) electrons. The number of aromatic amines is 1. The molecule has 3 heterocycles. The number of benzene rings is 2. The zero-order valence-electron chi connectivity index (χ0n) is 24.7. The monoisotopic (exact) mass is 657 g/mol. The molecule has 6 rings (SSSR count). The third-order valence-electron chi connectivity index (χ3n) is 8.49. The number of nitrogens with one attached hydrogen (secondary N) is 1. The Kier molecular flexibility index (Phi) is 8.60. The van der Waals surface area contributed by atoms with Gasteiger partial charge in [0, 0.05) is 66.3 Å². The van der Waals surface area contributed by atoms with Crippen LogP contribution in [0.25, 0.3) is 11.4 Å². The number of anilines is 1. The first-order chi connectivity index (χ1) is 21.9. The van der Waals surface area contributed by atoms with Gasteiger partial charge in [0.15, 0.2) is 17.4 Å².